The number of nitrogens with one attached hydrogen (secondary N) is 1. The Kier molecular flexibility index (Phi) is 8.29. The lowest BCUT2D eigenvalue weighted by atomic mass is 10.0. The number of alkyl halides is 3. The predicted molar refractivity (Wildman–Crippen MR) is 105 cm³/mol. The summed E-state index contributed by atoms with van der Waals surface area (Å²) in [4.78, 5) is 12.3. The average molecular weight is 534 g/mol. The number of halogens is 4. The van der Waals surface area contributed by atoms with Gasteiger partial charge in [0.2, 0.25) is 0 Å². The summed E-state index contributed by atoms with van der Waals surface area (Å²) in [5, 5.41) is 2.66. The molecule has 0 unspecified atom stereocenters. The topological polar surface area (TPSA) is 38.3 Å². The molecule has 2 aromatic rings. The first-order valence-electron chi connectivity index (χ1n) is 9.63. The zero-order valence-electron chi connectivity index (χ0n) is 17.0. The smallest absolute Gasteiger partial charge is 0.416 e. The first-order valence-corrected chi connectivity index (χ1v) is 9.63. The van der Waals surface area contributed by atoms with Crippen LogP contribution in [-0.4, -0.2) is 43.7 Å². The van der Waals surface area contributed by atoms with Crippen molar-refractivity contribution in [2.75, 3.05) is 32.6 Å². The molecule has 1 aliphatic rings. The van der Waals surface area contributed by atoms with Gasteiger partial charge in [-0.2, -0.15) is 13.2 Å². The highest BCUT2D eigenvalue weighted by Crippen LogP contribution is 2.29. The molecule has 8 heteroatoms. The summed E-state index contributed by atoms with van der Waals surface area (Å²) in [6.07, 6.45) is -2.40. The normalized spacial score (nSPS) is 15.4. The third-order valence-corrected chi connectivity index (χ3v) is 5.43. The summed E-state index contributed by atoms with van der Waals surface area (Å²) in [6.45, 7) is 2.45. The van der Waals surface area contributed by atoms with Gasteiger partial charge in [0, 0.05) is 29.7 Å². The van der Waals surface area contributed by atoms with E-state index < -0.39 is 17.6 Å². The molecule has 2 aromatic carbocycles. The van der Waals surface area contributed by atoms with Crippen LogP contribution in [0.4, 0.5) is 18.9 Å². The van der Waals surface area contributed by atoms with E-state index in [1.54, 1.807) is 12.1 Å². The van der Waals surface area contributed by atoms with E-state index in [1.165, 1.54) is 12.1 Å². The third-order valence-electron chi connectivity index (χ3n) is 5.43. The Morgan fingerprint density at radius 1 is 1.10 bits per heavy atom. The monoisotopic (exact) mass is 534 g/mol. The number of carbonyl (C=O) groups is 1. The van der Waals surface area contributed by atoms with Crippen molar-refractivity contribution in [3.63, 3.8) is 0 Å². The van der Waals surface area contributed by atoms with E-state index in [2.05, 4.69) is 19.4 Å². The molecule has 0 aliphatic carbocycles. The van der Waals surface area contributed by atoms with Gasteiger partial charge in [-0.25, -0.2) is 0 Å². The molecule has 1 fully saturated rings. The van der Waals surface area contributed by atoms with Crippen molar-refractivity contribution in [2.45, 2.75) is 31.6 Å². The van der Waals surface area contributed by atoms with Crippen molar-refractivity contribution in [1.82, 2.24) is 0 Å². The number of hydrogen-bond acceptors (Lipinski definition) is 2. The minimum absolute atomic E-state index is 0. The average Bonchev–Trinajstić information content (AvgIpc) is 2.69. The summed E-state index contributed by atoms with van der Waals surface area (Å²) in [6, 6.07) is 12.4. The van der Waals surface area contributed by atoms with Crippen molar-refractivity contribution in [1.29, 1.82) is 0 Å². The number of rotatable bonds is 5. The predicted octanol–water partition coefficient (Wildman–Crippen LogP) is 1.72. The van der Waals surface area contributed by atoms with Gasteiger partial charge in [0.15, 0.2) is 0 Å². The second-order valence-corrected chi connectivity index (χ2v) is 8.01. The third kappa shape index (κ3) is 6.42. The Balaban J connectivity index is 0.00000320. The summed E-state index contributed by atoms with van der Waals surface area (Å²) in [5.41, 5.74) is 0.820. The van der Waals surface area contributed by atoms with Gasteiger partial charge in [0.1, 0.15) is 6.54 Å². The quantitative estimate of drug-likeness (QED) is 0.469. The maximum atomic E-state index is 12.8. The molecular formula is C22H26F3IN2O2. The molecule has 30 heavy (non-hydrogen) atoms. The Bertz CT molecular complexity index is 848. The second kappa shape index (κ2) is 10.1. The van der Waals surface area contributed by atoms with Gasteiger partial charge in [-0.1, -0.05) is 18.2 Å². The minimum atomic E-state index is -4.48. The van der Waals surface area contributed by atoms with Crippen LogP contribution in [0.2, 0.25) is 0 Å². The van der Waals surface area contributed by atoms with E-state index in [0.717, 1.165) is 54.8 Å². The first-order chi connectivity index (χ1) is 13.6. The van der Waals surface area contributed by atoms with Crippen LogP contribution in [0.25, 0.3) is 0 Å². The van der Waals surface area contributed by atoms with Crippen LogP contribution in [0.5, 0.6) is 0 Å². The summed E-state index contributed by atoms with van der Waals surface area (Å²) >= 11 is 0. The van der Waals surface area contributed by atoms with Gasteiger partial charge < -0.3 is 38.5 Å². The second-order valence-electron chi connectivity index (χ2n) is 8.01. The highest BCUT2D eigenvalue weighted by Gasteiger charge is 2.31. The van der Waals surface area contributed by atoms with E-state index in [9.17, 15) is 18.0 Å². The minimum Gasteiger partial charge on any atom is -1.00 e. The summed E-state index contributed by atoms with van der Waals surface area (Å²) in [7, 11) is 4.42. The molecule has 1 N–H and O–H groups in total. The van der Waals surface area contributed by atoms with Crippen LogP contribution in [-0.2, 0) is 17.5 Å². The zero-order chi connectivity index (χ0) is 21.1. The van der Waals surface area contributed by atoms with Gasteiger partial charge in [-0.3, -0.25) is 4.79 Å². The van der Waals surface area contributed by atoms with Crippen molar-refractivity contribution in [3.8, 4) is 0 Å². The molecule has 3 rings (SSSR count). The maximum absolute atomic E-state index is 12.8. The zero-order valence-corrected chi connectivity index (χ0v) is 19.2. The van der Waals surface area contributed by atoms with Crippen molar-refractivity contribution >= 4 is 11.6 Å². The van der Waals surface area contributed by atoms with E-state index in [0.29, 0.717) is 11.7 Å². The van der Waals surface area contributed by atoms with Crippen molar-refractivity contribution in [2.24, 2.45) is 0 Å². The Morgan fingerprint density at radius 2 is 1.73 bits per heavy atom. The Labute approximate surface area is 192 Å². The van der Waals surface area contributed by atoms with Crippen LogP contribution in [0, 0.1) is 0 Å². The molecule has 164 valence electrons. The number of ether oxygens (including phenoxy) is 1. The molecule has 1 aliphatic heterocycles. The molecule has 4 nitrogen and oxygen atoms in total. The summed E-state index contributed by atoms with van der Waals surface area (Å²) in [5.74, 6) is -0.567. The first kappa shape index (κ1) is 24.6. The van der Waals surface area contributed by atoms with Crippen LogP contribution in [0.1, 0.15) is 34.3 Å². The molecule has 0 spiro atoms. The standard InChI is InChI=1S/C22H25F3N2O2.HI/c1-27(2,20-10-12-29-13-11-20)15-16-6-8-19(9-7-16)26-21(28)17-4-3-5-18(14-17)22(23,24)25;/h3-9,14,20H,10-13,15H2,1-2H3;1H. The van der Waals surface area contributed by atoms with E-state index in [4.69, 9.17) is 4.74 Å². The fourth-order valence-corrected chi connectivity index (χ4v) is 3.72. The Hall–Kier alpha value is -1.65. The lowest BCUT2D eigenvalue weighted by Crippen LogP contribution is -3.00. The number of nitrogens with zero attached hydrogens (tertiary/aromatic N) is 1. The number of hydrogen-bond donors (Lipinski definition) is 1. The molecule has 1 saturated heterocycles. The highest BCUT2D eigenvalue weighted by molar-refractivity contribution is 6.04. The van der Waals surface area contributed by atoms with Gasteiger partial charge >= 0.3 is 6.18 Å². The van der Waals surface area contributed by atoms with Crippen molar-refractivity contribution in [3.05, 3.63) is 65.2 Å². The Morgan fingerprint density at radius 3 is 2.33 bits per heavy atom. The molecule has 0 bridgehead atoms. The number of quaternary nitrogens is 1. The molecule has 1 heterocycles. The molecule has 0 radical (unpaired) electrons. The van der Waals surface area contributed by atoms with E-state index in [-0.39, 0.29) is 29.5 Å². The van der Waals surface area contributed by atoms with Crippen molar-refractivity contribution < 1.29 is 51.2 Å². The number of amides is 1. The van der Waals surface area contributed by atoms with Gasteiger partial charge in [-0.05, 0) is 30.3 Å². The fraction of sp³-hybridized carbons (Fsp3) is 0.409. The fourth-order valence-electron chi connectivity index (χ4n) is 3.72. The highest BCUT2D eigenvalue weighted by atomic mass is 127. The van der Waals surface area contributed by atoms with E-state index >= 15 is 0 Å². The van der Waals surface area contributed by atoms with Crippen LogP contribution >= 0.6 is 0 Å². The van der Waals surface area contributed by atoms with Crippen LogP contribution < -0.4 is 29.3 Å². The number of carbonyl (C=O) groups excluding carboxylic acids is 1. The van der Waals surface area contributed by atoms with Gasteiger partial charge in [0.25, 0.3) is 5.91 Å². The largest absolute Gasteiger partial charge is 1.00 e. The van der Waals surface area contributed by atoms with Crippen LogP contribution in [0.3, 0.4) is 0 Å². The lowest BCUT2D eigenvalue weighted by molar-refractivity contribution is -0.929. The maximum Gasteiger partial charge on any atom is 0.416 e. The molecular weight excluding hydrogens is 508 g/mol. The molecule has 0 aromatic heterocycles. The van der Waals surface area contributed by atoms with Gasteiger partial charge in [0.05, 0.1) is 38.9 Å². The molecule has 1 amide bonds. The molecule has 0 saturated carbocycles. The van der Waals surface area contributed by atoms with Crippen LogP contribution in [0.15, 0.2) is 48.5 Å². The summed E-state index contributed by atoms with van der Waals surface area (Å²) < 4.78 is 44.8. The number of benzene rings is 2. The SMILES string of the molecule is C[N+](C)(Cc1ccc(NC(=O)c2cccc(C(F)(F)F)c2)cc1)C1CCOCC1.[I-]. The molecule has 0 atom stereocenters. The lowest BCUT2D eigenvalue weighted by Gasteiger charge is -2.40. The van der Waals surface area contributed by atoms with Gasteiger partial charge in [-0.15, -0.1) is 0 Å². The van der Waals surface area contributed by atoms with E-state index in [1.807, 2.05) is 12.1 Å². The number of anilines is 1.